The van der Waals surface area contributed by atoms with Crippen LogP contribution in [0.4, 0.5) is 5.69 Å². The molecule has 0 N–H and O–H groups in total. The summed E-state index contributed by atoms with van der Waals surface area (Å²) < 4.78 is 16.6. The van der Waals surface area contributed by atoms with E-state index >= 15 is 0 Å². The van der Waals surface area contributed by atoms with Gasteiger partial charge in [0.1, 0.15) is 18.0 Å². The summed E-state index contributed by atoms with van der Waals surface area (Å²) in [6.07, 6.45) is -0.208. The van der Waals surface area contributed by atoms with Gasteiger partial charge in [-0.3, -0.25) is 10.1 Å². The van der Waals surface area contributed by atoms with Gasteiger partial charge in [0.25, 0.3) is 5.69 Å². The minimum atomic E-state index is -0.525. The third kappa shape index (κ3) is 1.57. The van der Waals surface area contributed by atoms with Gasteiger partial charge in [0, 0.05) is 24.8 Å². The maximum Gasteiger partial charge on any atom is 0.270 e. The Labute approximate surface area is 104 Å². The van der Waals surface area contributed by atoms with E-state index in [0.717, 1.165) is 5.56 Å². The van der Waals surface area contributed by atoms with E-state index in [2.05, 4.69) is 0 Å². The quantitative estimate of drug-likeness (QED) is 0.465. The second-order valence-corrected chi connectivity index (χ2v) is 4.80. The van der Waals surface area contributed by atoms with Crippen molar-refractivity contribution in [3.8, 4) is 5.75 Å². The zero-order valence-corrected chi connectivity index (χ0v) is 10.1. The van der Waals surface area contributed by atoms with Crippen LogP contribution in [0.5, 0.6) is 5.75 Å². The van der Waals surface area contributed by atoms with Crippen LogP contribution in [0.25, 0.3) is 0 Å². The molecule has 1 aromatic carbocycles. The summed E-state index contributed by atoms with van der Waals surface area (Å²) in [5, 5.41) is 10.7. The summed E-state index contributed by atoms with van der Waals surface area (Å²) in [5.41, 5.74) is 0.285. The fourth-order valence-electron chi connectivity index (χ4n) is 2.49. The number of hydrogen-bond donors (Lipinski definition) is 0. The van der Waals surface area contributed by atoms with Crippen LogP contribution in [0.15, 0.2) is 18.2 Å². The highest BCUT2D eigenvalue weighted by Crippen LogP contribution is 2.54. The second kappa shape index (κ2) is 3.66. The van der Waals surface area contributed by atoms with Gasteiger partial charge in [-0.05, 0) is 13.0 Å². The fourth-order valence-corrected chi connectivity index (χ4v) is 2.49. The summed E-state index contributed by atoms with van der Waals surface area (Å²) in [5.74, 6) is 0.638. The molecule has 0 saturated carbocycles. The van der Waals surface area contributed by atoms with E-state index in [1.807, 2.05) is 6.92 Å². The molecule has 3 rings (SSSR count). The van der Waals surface area contributed by atoms with Crippen LogP contribution in [-0.4, -0.2) is 30.3 Å². The number of rotatable bonds is 3. The van der Waals surface area contributed by atoms with E-state index in [4.69, 9.17) is 14.2 Å². The van der Waals surface area contributed by atoms with Crippen molar-refractivity contribution in [2.24, 2.45) is 0 Å². The highest BCUT2D eigenvalue weighted by atomic mass is 16.6. The molecule has 6 heteroatoms. The van der Waals surface area contributed by atoms with Crippen molar-refractivity contribution in [3.63, 3.8) is 0 Å². The number of epoxide rings is 1. The van der Waals surface area contributed by atoms with Gasteiger partial charge in [-0.2, -0.15) is 0 Å². The molecule has 0 bridgehead atoms. The molecule has 18 heavy (non-hydrogen) atoms. The lowest BCUT2D eigenvalue weighted by Gasteiger charge is -2.32. The number of hydrogen-bond acceptors (Lipinski definition) is 5. The molecule has 0 aliphatic carbocycles. The van der Waals surface area contributed by atoms with E-state index < -0.39 is 10.5 Å². The minimum absolute atomic E-state index is 0.0574. The number of nitro benzene ring substituents is 1. The predicted octanol–water partition coefficient (Wildman–Crippen LogP) is 1.83. The van der Waals surface area contributed by atoms with Crippen molar-refractivity contribution in [2.75, 3.05) is 13.7 Å². The zero-order chi connectivity index (χ0) is 12.9. The predicted molar refractivity (Wildman–Crippen MR) is 61.6 cm³/mol. The molecular weight excluding hydrogens is 238 g/mol. The van der Waals surface area contributed by atoms with Gasteiger partial charge in [-0.15, -0.1) is 0 Å². The van der Waals surface area contributed by atoms with Gasteiger partial charge >= 0.3 is 0 Å². The van der Waals surface area contributed by atoms with E-state index in [0.29, 0.717) is 12.4 Å². The normalized spacial score (nSPS) is 32.1. The second-order valence-electron chi connectivity index (χ2n) is 4.80. The summed E-state index contributed by atoms with van der Waals surface area (Å²) in [6.45, 7) is 2.34. The van der Waals surface area contributed by atoms with Gasteiger partial charge in [0.15, 0.2) is 5.60 Å². The minimum Gasteiger partial charge on any atom is -0.482 e. The highest BCUT2D eigenvalue weighted by Gasteiger charge is 2.59. The van der Waals surface area contributed by atoms with Crippen LogP contribution in [0, 0.1) is 10.1 Å². The average Bonchev–Trinajstić information content (AvgIpc) is 3.10. The Morgan fingerprint density at radius 3 is 3.00 bits per heavy atom. The first kappa shape index (κ1) is 11.4. The Morgan fingerprint density at radius 1 is 1.56 bits per heavy atom. The molecule has 1 aromatic rings. The first-order chi connectivity index (χ1) is 8.55. The van der Waals surface area contributed by atoms with Gasteiger partial charge in [0.2, 0.25) is 0 Å². The molecule has 0 spiro atoms. The maximum absolute atomic E-state index is 10.7. The highest BCUT2D eigenvalue weighted by molar-refractivity contribution is 5.49. The summed E-state index contributed by atoms with van der Waals surface area (Å²) >= 11 is 0. The Hall–Kier alpha value is -1.66. The standard InChI is InChI=1S/C12H13NO5/c1-12(6-16-2)11-10(17-11)8-5-7(13(14)15)3-4-9(8)18-12/h3-5,10-11H,6H2,1-2H3/t10-,11-,12+/m1/s1. The Morgan fingerprint density at radius 2 is 2.33 bits per heavy atom. The lowest BCUT2D eigenvalue weighted by Crippen LogP contribution is -2.45. The Kier molecular flexibility index (Phi) is 2.33. The third-order valence-electron chi connectivity index (χ3n) is 3.38. The largest absolute Gasteiger partial charge is 0.482 e. The molecule has 6 nitrogen and oxygen atoms in total. The van der Waals surface area contributed by atoms with E-state index in [1.54, 1.807) is 13.2 Å². The maximum atomic E-state index is 10.7. The van der Waals surface area contributed by atoms with Crippen LogP contribution in [0.3, 0.4) is 0 Å². The lowest BCUT2D eigenvalue weighted by atomic mass is 9.93. The molecule has 1 saturated heterocycles. The number of nitro groups is 1. The number of nitrogens with zero attached hydrogens (tertiary/aromatic N) is 1. The van der Waals surface area contributed by atoms with Crippen molar-refractivity contribution in [3.05, 3.63) is 33.9 Å². The van der Waals surface area contributed by atoms with Crippen molar-refractivity contribution in [2.45, 2.75) is 24.7 Å². The number of fused-ring (bicyclic) bond motifs is 3. The summed E-state index contributed by atoms with van der Waals surface area (Å²) in [4.78, 5) is 10.3. The SMILES string of the molecule is COC[C@]1(C)Oc2ccc([N+](=O)[O-])cc2[C@H]2O[C@H]21. The lowest BCUT2D eigenvalue weighted by molar-refractivity contribution is -0.385. The van der Waals surface area contributed by atoms with Crippen LogP contribution in [-0.2, 0) is 9.47 Å². The van der Waals surface area contributed by atoms with Crippen LogP contribution in [0.2, 0.25) is 0 Å². The van der Waals surface area contributed by atoms with E-state index in [1.165, 1.54) is 12.1 Å². The van der Waals surface area contributed by atoms with E-state index in [9.17, 15) is 10.1 Å². The van der Waals surface area contributed by atoms with Gasteiger partial charge < -0.3 is 14.2 Å². The Bertz CT molecular complexity index is 517. The fraction of sp³-hybridized carbons (Fsp3) is 0.500. The van der Waals surface area contributed by atoms with E-state index in [-0.39, 0.29) is 17.9 Å². The third-order valence-corrected chi connectivity index (χ3v) is 3.38. The van der Waals surface area contributed by atoms with Crippen LogP contribution >= 0.6 is 0 Å². The molecule has 0 amide bonds. The molecule has 2 aliphatic rings. The van der Waals surface area contributed by atoms with Crippen molar-refractivity contribution in [1.82, 2.24) is 0 Å². The molecule has 0 aromatic heterocycles. The summed E-state index contributed by atoms with van der Waals surface area (Å²) in [7, 11) is 1.61. The van der Waals surface area contributed by atoms with Crippen molar-refractivity contribution < 1.29 is 19.1 Å². The van der Waals surface area contributed by atoms with Gasteiger partial charge in [-0.25, -0.2) is 0 Å². The molecule has 96 valence electrons. The number of non-ortho nitro benzene ring substituents is 1. The Balaban J connectivity index is 1.97. The molecule has 3 atom stereocenters. The molecule has 2 aliphatic heterocycles. The number of methoxy groups -OCH3 is 1. The molecule has 1 fully saturated rings. The van der Waals surface area contributed by atoms with Gasteiger partial charge in [0.05, 0.1) is 11.5 Å². The van der Waals surface area contributed by atoms with Crippen LogP contribution < -0.4 is 4.74 Å². The number of benzene rings is 1. The first-order valence-electron chi connectivity index (χ1n) is 5.67. The van der Waals surface area contributed by atoms with Crippen LogP contribution in [0.1, 0.15) is 18.6 Å². The average molecular weight is 251 g/mol. The first-order valence-corrected chi connectivity index (χ1v) is 5.67. The monoisotopic (exact) mass is 251 g/mol. The number of ether oxygens (including phenoxy) is 3. The topological polar surface area (TPSA) is 74.1 Å². The summed E-state index contributed by atoms with van der Waals surface area (Å²) in [6, 6.07) is 4.58. The molecular formula is C12H13NO5. The van der Waals surface area contributed by atoms with Gasteiger partial charge in [-0.1, -0.05) is 0 Å². The molecule has 0 unspecified atom stereocenters. The molecule has 0 radical (unpaired) electrons. The smallest absolute Gasteiger partial charge is 0.270 e. The van der Waals surface area contributed by atoms with Crippen molar-refractivity contribution in [1.29, 1.82) is 0 Å². The molecule has 2 heterocycles. The van der Waals surface area contributed by atoms with Crippen molar-refractivity contribution >= 4 is 5.69 Å². The zero-order valence-electron chi connectivity index (χ0n) is 10.1.